The number of carbonyl (C=O) groups is 2. The Morgan fingerprint density at radius 1 is 1.32 bits per heavy atom. The number of halogens is 2. The Morgan fingerprint density at radius 3 is 2.63 bits per heavy atom. The molecule has 0 radical (unpaired) electrons. The first kappa shape index (κ1) is 13.3. The Bertz CT molecular complexity index is 653. The number of furan rings is 1. The van der Waals surface area contributed by atoms with Gasteiger partial charge in [-0.25, -0.2) is 9.18 Å². The molecule has 1 aromatic carbocycles. The summed E-state index contributed by atoms with van der Waals surface area (Å²) in [6.45, 7) is 0. The number of benzene rings is 1. The first-order chi connectivity index (χ1) is 8.97. The molecule has 1 aromatic heterocycles. The minimum atomic E-state index is -1.20. The predicted molar refractivity (Wildman–Crippen MR) is 67.7 cm³/mol. The van der Waals surface area contributed by atoms with Crippen LogP contribution in [0.25, 0.3) is 0 Å². The molecule has 1 heterocycles. The third-order valence-electron chi connectivity index (χ3n) is 2.25. The molecule has 0 aliphatic carbocycles. The molecule has 0 bridgehead atoms. The van der Waals surface area contributed by atoms with Gasteiger partial charge < -0.3 is 14.8 Å². The number of hydrogen-bond acceptors (Lipinski definition) is 3. The molecule has 2 rings (SSSR count). The molecule has 19 heavy (non-hydrogen) atoms. The zero-order chi connectivity index (χ0) is 14.0. The molecule has 98 valence electrons. The van der Waals surface area contributed by atoms with Gasteiger partial charge in [0.15, 0.2) is 5.76 Å². The maximum atomic E-state index is 13.2. The number of aromatic carboxylic acids is 1. The molecule has 0 spiro atoms. The van der Waals surface area contributed by atoms with Crippen LogP contribution >= 0.6 is 15.9 Å². The minimum absolute atomic E-state index is 0.132. The second-order valence-corrected chi connectivity index (χ2v) is 4.44. The Labute approximate surface area is 115 Å². The van der Waals surface area contributed by atoms with E-state index in [4.69, 9.17) is 9.52 Å². The van der Waals surface area contributed by atoms with Gasteiger partial charge in [0.1, 0.15) is 12.1 Å². The third kappa shape index (κ3) is 3.00. The summed E-state index contributed by atoms with van der Waals surface area (Å²) in [6, 6.07) is 5.15. The maximum absolute atomic E-state index is 13.2. The van der Waals surface area contributed by atoms with Gasteiger partial charge in [-0.3, -0.25) is 4.79 Å². The Morgan fingerprint density at radius 2 is 2.05 bits per heavy atom. The molecule has 0 saturated heterocycles. The molecule has 5 nitrogen and oxygen atoms in total. The van der Waals surface area contributed by atoms with Crippen molar-refractivity contribution in [2.75, 3.05) is 5.32 Å². The zero-order valence-electron chi connectivity index (χ0n) is 9.31. The van der Waals surface area contributed by atoms with Crippen LogP contribution in [-0.4, -0.2) is 17.0 Å². The number of rotatable bonds is 3. The van der Waals surface area contributed by atoms with E-state index in [9.17, 15) is 14.0 Å². The van der Waals surface area contributed by atoms with E-state index in [-0.39, 0.29) is 21.5 Å². The van der Waals surface area contributed by atoms with E-state index >= 15 is 0 Å². The lowest BCUT2D eigenvalue weighted by Crippen LogP contribution is -2.11. The number of carboxylic acid groups (broad SMARTS) is 1. The smallest absolute Gasteiger partial charge is 0.338 e. The number of anilines is 1. The van der Waals surface area contributed by atoms with Crippen molar-refractivity contribution >= 4 is 33.5 Å². The Kier molecular flexibility index (Phi) is 3.66. The van der Waals surface area contributed by atoms with Gasteiger partial charge in [-0.05, 0) is 34.1 Å². The monoisotopic (exact) mass is 327 g/mol. The summed E-state index contributed by atoms with van der Waals surface area (Å²) in [5.41, 5.74) is 0.103. The minimum Gasteiger partial charge on any atom is -0.478 e. The van der Waals surface area contributed by atoms with Crippen molar-refractivity contribution in [1.82, 2.24) is 0 Å². The van der Waals surface area contributed by atoms with Crippen LogP contribution in [0.4, 0.5) is 10.1 Å². The summed E-state index contributed by atoms with van der Waals surface area (Å²) in [6.07, 6.45) is 0.958. The van der Waals surface area contributed by atoms with E-state index in [1.165, 1.54) is 12.1 Å². The fourth-order valence-electron chi connectivity index (χ4n) is 1.33. The lowest BCUT2D eigenvalue weighted by molar-refractivity contribution is 0.0696. The van der Waals surface area contributed by atoms with Gasteiger partial charge in [0, 0.05) is 11.8 Å². The van der Waals surface area contributed by atoms with E-state index in [1.807, 2.05) is 0 Å². The number of nitrogens with one attached hydrogen (secondary N) is 1. The van der Waals surface area contributed by atoms with Gasteiger partial charge in [-0.1, -0.05) is 0 Å². The molecule has 0 atom stereocenters. The highest BCUT2D eigenvalue weighted by molar-refractivity contribution is 9.10. The fourth-order valence-corrected chi connectivity index (χ4v) is 1.58. The highest BCUT2D eigenvalue weighted by atomic mass is 79.9. The van der Waals surface area contributed by atoms with Gasteiger partial charge in [0.25, 0.3) is 5.91 Å². The zero-order valence-corrected chi connectivity index (χ0v) is 10.9. The summed E-state index contributed by atoms with van der Waals surface area (Å²) >= 11 is 2.99. The maximum Gasteiger partial charge on any atom is 0.338 e. The van der Waals surface area contributed by atoms with Crippen molar-refractivity contribution in [2.24, 2.45) is 0 Å². The van der Waals surface area contributed by atoms with Crippen LogP contribution < -0.4 is 5.32 Å². The SMILES string of the molecule is O=C(O)c1coc(C(=O)Nc2ccc(Br)c(F)c2)c1. The van der Waals surface area contributed by atoms with E-state index in [0.717, 1.165) is 18.4 Å². The number of carboxylic acids is 1. The van der Waals surface area contributed by atoms with E-state index in [2.05, 4.69) is 21.2 Å². The van der Waals surface area contributed by atoms with Crippen LogP contribution in [0.1, 0.15) is 20.9 Å². The molecular formula is C12H7BrFNO4. The van der Waals surface area contributed by atoms with Crippen LogP contribution in [0.3, 0.4) is 0 Å². The van der Waals surface area contributed by atoms with Crippen molar-refractivity contribution in [3.63, 3.8) is 0 Å². The number of carbonyl (C=O) groups excluding carboxylic acids is 1. The average molecular weight is 328 g/mol. The summed E-state index contributed by atoms with van der Waals surface area (Å²) in [7, 11) is 0. The first-order valence-electron chi connectivity index (χ1n) is 5.05. The van der Waals surface area contributed by atoms with E-state index in [0.29, 0.717) is 0 Å². The van der Waals surface area contributed by atoms with Gasteiger partial charge in [0.2, 0.25) is 0 Å². The highest BCUT2D eigenvalue weighted by Gasteiger charge is 2.15. The van der Waals surface area contributed by atoms with Crippen molar-refractivity contribution < 1.29 is 23.5 Å². The second-order valence-electron chi connectivity index (χ2n) is 3.59. The summed E-state index contributed by atoms with van der Waals surface area (Å²) in [4.78, 5) is 22.3. The molecule has 0 aliphatic rings. The second kappa shape index (κ2) is 5.23. The molecule has 0 fully saturated rings. The number of hydrogen-bond donors (Lipinski definition) is 2. The van der Waals surface area contributed by atoms with Crippen LogP contribution in [0.5, 0.6) is 0 Å². The predicted octanol–water partition coefficient (Wildman–Crippen LogP) is 3.13. The van der Waals surface area contributed by atoms with Crippen LogP contribution in [0.15, 0.2) is 39.4 Å². The van der Waals surface area contributed by atoms with Crippen LogP contribution in [0.2, 0.25) is 0 Å². The van der Waals surface area contributed by atoms with E-state index < -0.39 is 17.7 Å². The van der Waals surface area contributed by atoms with Crippen molar-refractivity contribution in [1.29, 1.82) is 0 Å². The van der Waals surface area contributed by atoms with Crippen molar-refractivity contribution in [3.8, 4) is 0 Å². The molecule has 7 heteroatoms. The summed E-state index contributed by atoms with van der Waals surface area (Å²) < 4.78 is 18.3. The van der Waals surface area contributed by atoms with E-state index in [1.54, 1.807) is 0 Å². The Balaban J connectivity index is 2.15. The third-order valence-corrected chi connectivity index (χ3v) is 2.89. The van der Waals surface area contributed by atoms with Crippen molar-refractivity contribution in [2.45, 2.75) is 0 Å². The number of amides is 1. The molecule has 0 saturated carbocycles. The van der Waals surface area contributed by atoms with Gasteiger partial charge in [-0.2, -0.15) is 0 Å². The van der Waals surface area contributed by atoms with Crippen LogP contribution in [0, 0.1) is 5.82 Å². The van der Waals surface area contributed by atoms with Crippen LogP contribution in [-0.2, 0) is 0 Å². The van der Waals surface area contributed by atoms with Gasteiger partial charge >= 0.3 is 5.97 Å². The molecule has 0 unspecified atom stereocenters. The Hall–Kier alpha value is -2.15. The first-order valence-corrected chi connectivity index (χ1v) is 5.85. The lowest BCUT2D eigenvalue weighted by atomic mass is 10.3. The molecule has 0 aliphatic heterocycles. The topological polar surface area (TPSA) is 79.5 Å². The fraction of sp³-hybridized carbons (Fsp3) is 0. The molecule has 2 aromatic rings. The summed E-state index contributed by atoms with van der Waals surface area (Å²) in [5, 5.41) is 11.1. The average Bonchev–Trinajstić information content (AvgIpc) is 2.83. The lowest BCUT2D eigenvalue weighted by Gasteiger charge is -2.03. The van der Waals surface area contributed by atoms with Crippen molar-refractivity contribution in [3.05, 3.63) is 52.1 Å². The standard InChI is InChI=1S/C12H7BrFNO4/c13-8-2-1-7(4-9(8)14)15-11(16)10-3-6(5-19-10)12(17)18/h1-5H,(H,15,16)(H,17,18). The van der Waals surface area contributed by atoms with Gasteiger partial charge in [-0.15, -0.1) is 0 Å². The molecule has 2 N–H and O–H groups in total. The summed E-state index contributed by atoms with van der Waals surface area (Å²) in [5.74, 6) is -2.55. The van der Waals surface area contributed by atoms with Gasteiger partial charge in [0.05, 0.1) is 10.0 Å². The largest absolute Gasteiger partial charge is 0.478 e. The molecular weight excluding hydrogens is 321 g/mol. The molecule has 1 amide bonds. The quantitative estimate of drug-likeness (QED) is 0.907. The normalized spacial score (nSPS) is 10.2. The highest BCUT2D eigenvalue weighted by Crippen LogP contribution is 2.20.